The van der Waals surface area contributed by atoms with Crippen molar-refractivity contribution < 1.29 is 9.18 Å². The maximum absolute atomic E-state index is 12.8. The van der Waals surface area contributed by atoms with Crippen LogP contribution in [0.3, 0.4) is 0 Å². The molecule has 0 bridgehead atoms. The van der Waals surface area contributed by atoms with Crippen LogP contribution in [0, 0.1) is 5.82 Å². The third-order valence-corrected chi connectivity index (χ3v) is 3.48. The molecule has 1 aromatic rings. The van der Waals surface area contributed by atoms with Crippen LogP contribution >= 0.6 is 12.2 Å². The molecule has 0 radical (unpaired) electrons. The first-order chi connectivity index (χ1) is 9.06. The van der Waals surface area contributed by atoms with Crippen molar-refractivity contribution in [1.82, 2.24) is 15.1 Å². The van der Waals surface area contributed by atoms with Crippen molar-refractivity contribution in [1.29, 1.82) is 0 Å². The number of halogens is 1. The number of hydrogen-bond acceptors (Lipinski definition) is 3. The number of likely N-dealkylation sites (N-methyl/N-ethyl adjacent to an activating group) is 1. The summed E-state index contributed by atoms with van der Waals surface area (Å²) in [5, 5.41) is 3.11. The van der Waals surface area contributed by atoms with E-state index in [1.54, 1.807) is 0 Å². The van der Waals surface area contributed by atoms with Crippen LogP contribution in [0.15, 0.2) is 24.3 Å². The molecule has 4 nitrogen and oxygen atoms in total. The Labute approximate surface area is 117 Å². The van der Waals surface area contributed by atoms with Crippen LogP contribution in [0.25, 0.3) is 0 Å². The van der Waals surface area contributed by atoms with Crippen LogP contribution in [0.2, 0.25) is 0 Å². The van der Waals surface area contributed by atoms with E-state index in [0.717, 1.165) is 26.2 Å². The zero-order valence-electron chi connectivity index (χ0n) is 10.7. The minimum atomic E-state index is -0.363. The Kier molecular flexibility index (Phi) is 4.44. The van der Waals surface area contributed by atoms with E-state index in [9.17, 15) is 9.18 Å². The van der Waals surface area contributed by atoms with Crippen LogP contribution < -0.4 is 5.32 Å². The first-order valence-electron chi connectivity index (χ1n) is 6.10. The molecule has 0 saturated carbocycles. The van der Waals surface area contributed by atoms with Crippen molar-refractivity contribution in [3.05, 3.63) is 35.6 Å². The molecule has 1 N–H and O–H groups in total. The number of rotatable bonds is 1. The smallest absolute Gasteiger partial charge is 0.257 e. The van der Waals surface area contributed by atoms with Gasteiger partial charge in [0.25, 0.3) is 5.91 Å². The summed E-state index contributed by atoms with van der Waals surface area (Å²) in [5.41, 5.74) is 0.401. The molecule has 1 fully saturated rings. The number of carbonyl (C=O) groups excluding carboxylic acids is 1. The minimum absolute atomic E-state index is 0.302. The summed E-state index contributed by atoms with van der Waals surface area (Å²) in [6, 6.07) is 5.40. The Morgan fingerprint density at radius 1 is 1.21 bits per heavy atom. The van der Waals surface area contributed by atoms with Crippen molar-refractivity contribution in [3.8, 4) is 0 Å². The number of amides is 1. The number of thiocarbonyl (C=S) groups is 1. The van der Waals surface area contributed by atoms with Crippen molar-refractivity contribution in [2.45, 2.75) is 0 Å². The normalized spacial score (nSPS) is 16.2. The Bertz CT molecular complexity index is 469. The van der Waals surface area contributed by atoms with Gasteiger partial charge in [0.2, 0.25) is 0 Å². The third kappa shape index (κ3) is 3.71. The predicted octanol–water partition coefficient (Wildman–Crippen LogP) is 1.09. The second kappa shape index (κ2) is 6.08. The molecule has 1 amide bonds. The second-order valence-corrected chi connectivity index (χ2v) is 4.94. The fraction of sp³-hybridized carbons (Fsp3) is 0.385. The van der Waals surface area contributed by atoms with Gasteiger partial charge >= 0.3 is 0 Å². The molecule has 1 aromatic carbocycles. The fourth-order valence-corrected chi connectivity index (χ4v) is 2.13. The average molecular weight is 281 g/mol. The van der Waals surface area contributed by atoms with E-state index in [1.807, 2.05) is 4.90 Å². The molecule has 0 aromatic heterocycles. The quantitative estimate of drug-likeness (QED) is 0.782. The van der Waals surface area contributed by atoms with E-state index in [-0.39, 0.29) is 11.7 Å². The van der Waals surface area contributed by atoms with Gasteiger partial charge in [0.15, 0.2) is 5.11 Å². The van der Waals surface area contributed by atoms with Gasteiger partial charge in [-0.25, -0.2) is 4.39 Å². The van der Waals surface area contributed by atoms with Gasteiger partial charge in [-0.05, 0) is 43.5 Å². The Morgan fingerprint density at radius 2 is 1.79 bits per heavy atom. The van der Waals surface area contributed by atoms with Crippen molar-refractivity contribution >= 4 is 23.2 Å². The van der Waals surface area contributed by atoms with Gasteiger partial charge in [0.05, 0.1) is 0 Å². The molecule has 1 saturated heterocycles. The molecule has 102 valence electrons. The maximum Gasteiger partial charge on any atom is 0.257 e. The van der Waals surface area contributed by atoms with Crippen molar-refractivity contribution in [3.63, 3.8) is 0 Å². The summed E-state index contributed by atoms with van der Waals surface area (Å²) in [6.07, 6.45) is 0. The average Bonchev–Trinajstić information content (AvgIpc) is 2.40. The molecular formula is C13H16FN3OS. The molecule has 0 aliphatic carbocycles. The standard InChI is InChI=1S/C13H16FN3OS/c1-16-6-8-17(9-7-16)13(19)15-12(18)10-2-4-11(14)5-3-10/h2-5H,6-9H2,1H3,(H,15,18,19). The lowest BCUT2D eigenvalue weighted by atomic mass is 10.2. The largest absolute Gasteiger partial charge is 0.346 e. The van der Waals surface area contributed by atoms with Crippen LogP contribution in [0.4, 0.5) is 4.39 Å². The van der Waals surface area contributed by atoms with Gasteiger partial charge in [-0.3, -0.25) is 10.1 Å². The summed E-state index contributed by atoms with van der Waals surface area (Å²) < 4.78 is 12.8. The molecule has 2 rings (SSSR count). The molecule has 0 atom stereocenters. The molecule has 19 heavy (non-hydrogen) atoms. The van der Waals surface area contributed by atoms with Gasteiger partial charge in [0.1, 0.15) is 5.82 Å². The van der Waals surface area contributed by atoms with E-state index in [4.69, 9.17) is 12.2 Å². The van der Waals surface area contributed by atoms with E-state index < -0.39 is 0 Å². The van der Waals surface area contributed by atoms with E-state index in [1.165, 1.54) is 24.3 Å². The van der Waals surface area contributed by atoms with Gasteiger partial charge in [-0.1, -0.05) is 0 Å². The van der Waals surface area contributed by atoms with Gasteiger partial charge in [-0.2, -0.15) is 0 Å². The summed E-state index contributed by atoms with van der Waals surface area (Å²) in [4.78, 5) is 16.1. The van der Waals surface area contributed by atoms with Crippen molar-refractivity contribution in [2.75, 3.05) is 33.2 Å². The topological polar surface area (TPSA) is 35.6 Å². The highest BCUT2D eigenvalue weighted by molar-refractivity contribution is 7.80. The molecule has 0 spiro atoms. The Balaban J connectivity index is 1.91. The van der Waals surface area contributed by atoms with Gasteiger partial charge < -0.3 is 9.80 Å². The molecule has 1 aliphatic heterocycles. The van der Waals surface area contributed by atoms with E-state index in [0.29, 0.717) is 10.7 Å². The Morgan fingerprint density at radius 3 is 2.37 bits per heavy atom. The zero-order valence-corrected chi connectivity index (χ0v) is 11.5. The lowest BCUT2D eigenvalue weighted by Gasteiger charge is -2.33. The SMILES string of the molecule is CN1CCN(C(=S)NC(=O)c2ccc(F)cc2)CC1. The highest BCUT2D eigenvalue weighted by Crippen LogP contribution is 2.04. The number of benzene rings is 1. The van der Waals surface area contributed by atoms with Crippen LogP contribution in [0.1, 0.15) is 10.4 Å². The zero-order chi connectivity index (χ0) is 13.8. The molecular weight excluding hydrogens is 265 g/mol. The van der Waals surface area contributed by atoms with Crippen LogP contribution in [-0.4, -0.2) is 54.0 Å². The first kappa shape index (κ1) is 13.9. The molecule has 1 heterocycles. The lowest BCUT2D eigenvalue weighted by Crippen LogP contribution is -2.51. The van der Waals surface area contributed by atoms with Crippen molar-refractivity contribution in [2.24, 2.45) is 0 Å². The predicted molar refractivity (Wildman–Crippen MR) is 75.5 cm³/mol. The highest BCUT2D eigenvalue weighted by Gasteiger charge is 2.18. The summed E-state index contributed by atoms with van der Waals surface area (Å²) in [5.74, 6) is -0.665. The number of carbonyl (C=O) groups is 1. The molecule has 1 aliphatic rings. The van der Waals surface area contributed by atoms with E-state index in [2.05, 4.69) is 17.3 Å². The van der Waals surface area contributed by atoms with Crippen LogP contribution in [-0.2, 0) is 0 Å². The first-order valence-corrected chi connectivity index (χ1v) is 6.51. The number of piperazine rings is 1. The maximum atomic E-state index is 12.8. The second-order valence-electron chi connectivity index (χ2n) is 4.56. The third-order valence-electron chi connectivity index (χ3n) is 3.12. The van der Waals surface area contributed by atoms with Gasteiger partial charge in [-0.15, -0.1) is 0 Å². The highest BCUT2D eigenvalue weighted by atomic mass is 32.1. The number of hydrogen-bond donors (Lipinski definition) is 1. The number of nitrogens with one attached hydrogen (secondary N) is 1. The van der Waals surface area contributed by atoms with E-state index >= 15 is 0 Å². The van der Waals surface area contributed by atoms with Gasteiger partial charge in [0, 0.05) is 31.7 Å². The fourth-order valence-electron chi connectivity index (χ4n) is 1.86. The summed E-state index contributed by atoms with van der Waals surface area (Å²) in [7, 11) is 2.05. The summed E-state index contributed by atoms with van der Waals surface area (Å²) >= 11 is 5.22. The monoisotopic (exact) mass is 281 g/mol. The molecule has 6 heteroatoms. The Hall–Kier alpha value is -1.53. The number of nitrogens with zero attached hydrogens (tertiary/aromatic N) is 2. The lowest BCUT2D eigenvalue weighted by molar-refractivity contribution is 0.0970. The minimum Gasteiger partial charge on any atom is -0.346 e. The molecule has 0 unspecified atom stereocenters. The van der Waals surface area contributed by atoms with Crippen LogP contribution in [0.5, 0.6) is 0 Å². The summed E-state index contributed by atoms with van der Waals surface area (Å²) in [6.45, 7) is 3.46.